The second-order valence-electron chi connectivity index (χ2n) is 7.27. The Kier molecular flexibility index (Phi) is 6.08. The van der Waals surface area contributed by atoms with Crippen LogP contribution in [0.15, 0.2) is 94.5 Å². The van der Waals surface area contributed by atoms with Gasteiger partial charge in [0, 0.05) is 5.69 Å². The van der Waals surface area contributed by atoms with Crippen molar-refractivity contribution in [3.8, 4) is 11.4 Å². The fraction of sp³-hybridized carbons (Fsp3) is 0.0800. The first-order chi connectivity index (χ1) is 16.0. The van der Waals surface area contributed by atoms with Crippen LogP contribution >= 0.6 is 0 Å². The van der Waals surface area contributed by atoms with Gasteiger partial charge >= 0.3 is 5.69 Å². The van der Waals surface area contributed by atoms with Crippen molar-refractivity contribution < 1.29 is 9.53 Å². The molecule has 0 saturated carbocycles. The van der Waals surface area contributed by atoms with E-state index in [1.165, 1.54) is 4.57 Å². The summed E-state index contributed by atoms with van der Waals surface area (Å²) in [5.41, 5.74) is 6.15. The number of carbonyl (C=O) groups is 1. The number of nitrogen functional groups attached to an aromatic ring is 1. The summed E-state index contributed by atoms with van der Waals surface area (Å²) in [5, 5.41) is 2.68. The predicted octanol–water partition coefficient (Wildman–Crippen LogP) is 2.89. The Morgan fingerprint density at radius 2 is 1.52 bits per heavy atom. The minimum atomic E-state index is -0.770. The van der Waals surface area contributed by atoms with E-state index >= 15 is 0 Å². The maximum absolute atomic E-state index is 13.4. The predicted molar refractivity (Wildman–Crippen MR) is 127 cm³/mol. The molecule has 8 nitrogen and oxygen atoms in total. The van der Waals surface area contributed by atoms with Gasteiger partial charge < -0.3 is 15.8 Å². The molecule has 1 aromatic heterocycles. The molecule has 0 fully saturated rings. The van der Waals surface area contributed by atoms with Crippen LogP contribution in [0.25, 0.3) is 5.69 Å². The van der Waals surface area contributed by atoms with Gasteiger partial charge in [0.1, 0.15) is 17.1 Å². The molecule has 33 heavy (non-hydrogen) atoms. The molecule has 8 heteroatoms. The molecule has 4 rings (SSSR count). The van der Waals surface area contributed by atoms with Crippen LogP contribution in [0.2, 0.25) is 0 Å². The minimum absolute atomic E-state index is 0.0413. The number of rotatable bonds is 6. The molecule has 0 aliphatic heterocycles. The Labute approximate surface area is 189 Å². The van der Waals surface area contributed by atoms with Crippen molar-refractivity contribution in [1.29, 1.82) is 0 Å². The van der Waals surface area contributed by atoms with E-state index < -0.39 is 17.2 Å². The van der Waals surface area contributed by atoms with Gasteiger partial charge in [0.05, 0.1) is 19.3 Å². The largest absolute Gasteiger partial charge is 0.497 e. The van der Waals surface area contributed by atoms with E-state index in [9.17, 15) is 14.4 Å². The monoisotopic (exact) mass is 442 g/mol. The summed E-state index contributed by atoms with van der Waals surface area (Å²) in [7, 11) is 1.55. The number of aromatic nitrogens is 2. The smallest absolute Gasteiger partial charge is 0.337 e. The SMILES string of the molecule is COc1ccc(Cn2c(=O)c(C(=O)Nc3ccccc3)c(N)n(-c3ccccc3)c2=O)cc1. The van der Waals surface area contributed by atoms with Crippen molar-refractivity contribution in [3.63, 3.8) is 0 Å². The zero-order chi connectivity index (χ0) is 23.4. The average molecular weight is 442 g/mol. The first-order valence-electron chi connectivity index (χ1n) is 10.2. The highest BCUT2D eigenvalue weighted by Gasteiger charge is 2.24. The first kappa shape index (κ1) is 21.6. The lowest BCUT2D eigenvalue weighted by atomic mass is 10.2. The number of amides is 1. The Bertz CT molecular complexity index is 1390. The van der Waals surface area contributed by atoms with Crippen LogP contribution in [0.1, 0.15) is 15.9 Å². The quantitative estimate of drug-likeness (QED) is 0.477. The maximum Gasteiger partial charge on any atom is 0.337 e. The summed E-state index contributed by atoms with van der Waals surface area (Å²) in [5.74, 6) is -0.277. The number of anilines is 2. The second-order valence-corrected chi connectivity index (χ2v) is 7.27. The van der Waals surface area contributed by atoms with E-state index in [4.69, 9.17) is 10.5 Å². The number of para-hydroxylation sites is 2. The summed E-state index contributed by atoms with van der Waals surface area (Å²) in [6.45, 7) is -0.0413. The molecule has 3 N–H and O–H groups in total. The zero-order valence-corrected chi connectivity index (χ0v) is 17.9. The molecular formula is C25H22N4O4. The normalized spacial score (nSPS) is 10.6. The van der Waals surface area contributed by atoms with Crippen LogP contribution in [0.5, 0.6) is 5.75 Å². The Hall–Kier alpha value is -4.59. The average Bonchev–Trinajstić information content (AvgIpc) is 2.83. The standard InChI is InChI=1S/C25H22N4O4/c1-33-20-14-12-17(13-15-20)16-28-24(31)21(23(30)27-18-8-4-2-5-9-18)22(26)29(25(28)32)19-10-6-3-7-11-19/h2-15H,16,26H2,1H3,(H,27,30). The van der Waals surface area contributed by atoms with Gasteiger partial charge in [-0.2, -0.15) is 0 Å². The fourth-order valence-electron chi connectivity index (χ4n) is 3.48. The van der Waals surface area contributed by atoms with Crippen LogP contribution in [0.4, 0.5) is 11.5 Å². The number of methoxy groups -OCH3 is 1. The van der Waals surface area contributed by atoms with Crippen molar-refractivity contribution in [2.45, 2.75) is 6.54 Å². The molecule has 3 aromatic carbocycles. The fourth-order valence-corrected chi connectivity index (χ4v) is 3.48. The van der Waals surface area contributed by atoms with Crippen LogP contribution in [0, 0.1) is 0 Å². The first-order valence-corrected chi connectivity index (χ1v) is 10.2. The van der Waals surface area contributed by atoms with Crippen molar-refractivity contribution in [3.05, 3.63) is 117 Å². The Morgan fingerprint density at radius 3 is 2.12 bits per heavy atom. The van der Waals surface area contributed by atoms with Gasteiger partial charge in [0.2, 0.25) is 0 Å². The lowest BCUT2D eigenvalue weighted by Crippen LogP contribution is -2.44. The molecule has 1 heterocycles. The van der Waals surface area contributed by atoms with Gasteiger partial charge in [-0.25, -0.2) is 9.36 Å². The number of carbonyl (C=O) groups excluding carboxylic acids is 1. The maximum atomic E-state index is 13.4. The van der Waals surface area contributed by atoms with Gasteiger partial charge in [-0.1, -0.05) is 48.5 Å². The summed E-state index contributed by atoms with van der Waals surface area (Å²) >= 11 is 0. The molecule has 4 aromatic rings. The van der Waals surface area contributed by atoms with E-state index in [0.29, 0.717) is 22.7 Å². The summed E-state index contributed by atoms with van der Waals surface area (Å²) < 4.78 is 7.34. The molecule has 0 spiro atoms. The van der Waals surface area contributed by atoms with Crippen molar-refractivity contribution >= 4 is 17.4 Å². The van der Waals surface area contributed by atoms with E-state index in [1.807, 2.05) is 0 Å². The molecule has 0 aliphatic rings. The lowest BCUT2D eigenvalue weighted by molar-refractivity contribution is 0.102. The number of nitrogens with zero attached hydrogens (tertiary/aromatic N) is 2. The number of benzene rings is 3. The van der Waals surface area contributed by atoms with Gasteiger partial charge in [0.15, 0.2) is 0 Å². The third-order valence-electron chi connectivity index (χ3n) is 5.15. The van der Waals surface area contributed by atoms with Crippen LogP contribution in [-0.4, -0.2) is 22.2 Å². The lowest BCUT2D eigenvalue weighted by Gasteiger charge is -2.17. The highest BCUT2D eigenvalue weighted by molar-refractivity contribution is 6.07. The third-order valence-corrected chi connectivity index (χ3v) is 5.15. The topological polar surface area (TPSA) is 108 Å². The molecule has 0 radical (unpaired) electrons. The zero-order valence-electron chi connectivity index (χ0n) is 17.9. The highest BCUT2D eigenvalue weighted by atomic mass is 16.5. The minimum Gasteiger partial charge on any atom is -0.497 e. The molecule has 0 atom stereocenters. The molecular weight excluding hydrogens is 420 g/mol. The van der Waals surface area contributed by atoms with E-state index in [2.05, 4.69) is 5.32 Å². The molecule has 166 valence electrons. The third kappa shape index (κ3) is 4.40. The second kappa shape index (κ2) is 9.27. The molecule has 1 amide bonds. The van der Waals surface area contributed by atoms with Gasteiger partial charge in [0.25, 0.3) is 11.5 Å². The molecule has 0 saturated heterocycles. The molecule has 0 unspecified atom stereocenters. The number of hydrogen-bond donors (Lipinski definition) is 2. The Morgan fingerprint density at radius 1 is 0.909 bits per heavy atom. The summed E-state index contributed by atoms with van der Waals surface area (Å²) in [6.07, 6.45) is 0. The molecule has 0 bridgehead atoms. The number of ether oxygens (including phenoxy) is 1. The number of nitrogens with two attached hydrogens (primary N) is 1. The Balaban J connectivity index is 1.88. The van der Waals surface area contributed by atoms with E-state index in [0.717, 1.165) is 4.57 Å². The summed E-state index contributed by atoms with van der Waals surface area (Å²) in [6, 6.07) is 24.3. The van der Waals surface area contributed by atoms with Crippen LogP contribution < -0.4 is 27.0 Å². The van der Waals surface area contributed by atoms with Crippen molar-refractivity contribution in [1.82, 2.24) is 9.13 Å². The van der Waals surface area contributed by atoms with Crippen molar-refractivity contribution in [2.24, 2.45) is 0 Å². The number of hydrogen-bond acceptors (Lipinski definition) is 5. The van der Waals surface area contributed by atoms with Crippen LogP contribution in [-0.2, 0) is 6.54 Å². The van der Waals surface area contributed by atoms with Gasteiger partial charge in [-0.15, -0.1) is 0 Å². The van der Waals surface area contributed by atoms with E-state index in [-0.39, 0.29) is 17.9 Å². The van der Waals surface area contributed by atoms with Gasteiger partial charge in [-0.05, 0) is 42.0 Å². The highest BCUT2D eigenvalue weighted by Crippen LogP contribution is 2.16. The molecule has 0 aliphatic carbocycles. The van der Waals surface area contributed by atoms with E-state index in [1.54, 1.807) is 92.0 Å². The number of nitrogens with one attached hydrogen (secondary N) is 1. The van der Waals surface area contributed by atoms with Crippen LogP contribution in [0.3, 0.4) is 0 Å². The van der Waals surface area contributed by atoms with Gasteiger partial charge in [-0.3, -0.25) is 14.2 Å². The summed E-state index contributed by atoms with van der Waals surface area (Å²) in [4.78, 5) is 39.8. The van der Waals surface area contributed by atoms with Crippen molar-refractivity contribution in [2.75, 3.05) is 18.2 Å².